The molecule has 100 valence electrons. The smallest absolute Gasteiger partial charge is 0.224 e. The molecular formula is C12H11F3N4. The zero-order chi connectivity index (χ0) is 14.0. The summed E-state index contributed by atoms with van der Waals surface area (Å²) in [5, 5.41) is 5.26. The van der Waals surface area contributed by atoms with E-state index in [1.54, 1.807) is 14.0 Å². The largest absolute Gasteiger partial charge is 0.357 e. The van der Waals surface area contributed by atoms with Crippen molar-refractivity contribution < 1.29 is 13.2 Å². The van der Waals surface area contributed by atoms with Gasteiger partial charge >= 0.3 is 0 Å². The molecule has 0 aliphatic rings. The third-order valence-corrected chi connectivity index (χ3v) is 2.44. The fraction of sp³-hybridized carbons (Fsp3) is 0.167. The van der Waals surface area contributed by atoms with E-state index in [1.165, 1.54) is 6.20 Å². The molecule has 1 aromatic heterocycles. The number of aryl methyl sites for hydroxylation is 1. The molecular weight excluding hydrogens is 257 g/mol. The fourth-order valence-corrected chi connectivity index (χ4v) is 1.46. The topological polar surface area (TPSA) is 49.8 Å². The Bertz CT molecular complexity index is 616. The van der Waals surface area contributed by atoms with Crippen molar-refractivity contribution in [3.63, 3.8) is 0 Å². The maximum atomic E-state index is 13.5. The highest BCUT2D eigenvalue weighted by Gasteiger charge is 2.13. The summed E-state index contributed by atoms with van der Waals surface area (Å²) < 4.78 is 39.7. The van der Waals surface area contributed by atoms with Gasteiger partial charge in [0.2, 0.25) is 5.95 Å². The zero-order valence-corrected chi connectivity index (χ0v) is 10.3. The molecule has 0 radical (unpaired) electrons. The molecule has 0 aliphatic heterocycles. The molecule has 0 unspecified atom stereocenters. The predicted octanol–water partition coefficient (Wildman–Crippen LogP) is 2.99. The van der Waals surface area contributed by atoms with E-state index >= 15 is 0 Å². The summed E-state index contributed by atoms with van der Waals surface area (Å²) in [6.07, 6.45) is 1.51. The van der Waals surface area contributed by atoms with Crippen LogP contribution in [0.4, 0.5) is 30.6 Å². The molecule has 7 heteroatoms. The Morgan fingerprint density at radius 3 is 2.58 bits per heavy atom. The molecule has 2 rings (SSSR count). The first-order valence-corrected chi connectivity index (χ1v) is 5.44. The summed E-state index contributed by atoms with van der Waals surface area (Å²) in [7, 11) is 1.62. The number of hydrogen-bond acceptors (Lipinski definition) is 4. The van der Waals surface area contributed by atoms with Crippen LogP contribution in [0.1, 0.15) is 5.56 Å². The molecule has 1 heterocycles. The molecule has 0 bridgehead atoms. The number of rotatable bonds is 3. The van der Waals surface area contributed by atoms with Crippen molar-refractivity contribution in [1.29, 1.82) is 0 Å². The Hall–Kier alpha value is -2.31. The normalized spacial score (nSPS) is 10.4. The molecule has 0 atom stereocenters. The van der Waals surface area contributed by atoms with E-state index in [1.807, 2.05) is 0 Å². The second-order valence-corrected chi connectivity index (χ2v) is 3.85. The van der Waals surface area contributed by atoms with Crippen molar-refractivity contribution in [3.8, 4) is 0 Å². The van der Waals surface area contributed by atoms with Gasteiger partial charge < -0.3 is 10.6 Å². The van der Waals surface area contributed by atoms with Gasteiger partial charge in [0.05, 0.1) is 5.69 Å². The SMILES string of the molecule is CNc1ncc(C)c(Nc2cc(F)cc(F)c2F)n1. The first-order chi connectivity index (χ1) is 9.01. The highest BCUT2D eigenvalue weighted by Crippen LogP contribution is 2.24. The minimum Gasteiger partial charge on any atom is -0.357 e. The van der Waals surface area contributed by atoms with Gasteiger partial charge in [-0.1, -0.05) is 0 Å². The first kappa shape index (κ1) is 13.1. The maximum absolute atomic E-state index is 13.5. The molecule has 0 saturated heterocycles. The molecule has 4 nitrogen and oxygen atoms in total. The van der Waals surface area contributed by atoms with Crippen LogP contribution >= 0.6 is 0 Å². The van der Waals surface area contributed by atoms with Gasteiger partial charge in [-0.2, -0.15) is 4.98 Å². The first-order valence-electron chi connectivity index (χ1n) is 5.44. The van der Waals surface area contributed by atoms with Crippen molar-refractivity contribution in [2.75, 3.05) is 17.7 Å². The lowest BCUT2D eigenvalue weighted by Crippen LogP contribution is -2.04. The zero-order valence-electron chi connectivity index (χ0n) is 10.3. The number of aromatic nitrogens is 2. The van der Waals surface area contributed by atoms with Gasteiger partial charge in [0.1, 0.15) is 11.6 Å². The standard InChI is InChI=1S/C12H11F3N4/c1-6-5-17-12(16-2)19-11(6)18-9-4-7(13)3-8(14)10(9)15/h3-5H,1-2H3,(H2,16,17,18,19). The average Bonchev–Trinajstić information content (AvgIpc) is 2.38. The summed E-state index contributed by atoms with van der Waals surface area (Å²) >= 11 is 0. The van der Waals surface area contributed by atoms with E-state index in [0.717, 1.165) is 6.07 Å². The number of hydrogen-bond donors (Lipinski definition) is 2. The molecule has 1 aromatic carbocycles. The van der Waals surface area contributed by atoms with Crippen LogP contribution in [0.5, 0.6) is 0 Å². The highest BCUT2D eigenvalue weighted by atomic mass is 19.2. The Labute approximate surface area is 107 Å². The Kier molecular flexibility index (Phi) is 3.55. The fourth-order valence-electron chi connectivity index (χ4n) is 1.46. The van der Waals surface area contributed by atoms with Crippen molar-refractivity contribution in [3.05, 3.63) is 41.3 Å². The monoisotopic (exact) mass is 268 g/mol. The van der Waals surface area contributed by atoms with Gasteiger partial charge in [-0.05, 0) is 6.92 Å². The van der Waals surface area contributed by atoms with Crippen molar-refractivity contribution in [1.82, 2.24) is 9.97 Å². The van der Waals surface area contributed by atoms with Crippen LogP contribution in [0.3, 0.4) is 0 Å². The van der Waals surface area contributed by atoms with Crippen LogP contribution in [-0.4, -0.2) is 17.0 Å². The van der Waals surface area contributed by atoms with Crippen molar-refractivity contribution in [2.45, 2.75) is 6.92 Å². The van der Waals surface area contributed by atoms with Gasteiger partial charge in [0.15, 0.2) is 11.6 Å². The number of benzene rings is 1. The minimum absolute atomic E-state index is 0.267. The van der Waals surface area contributed by atoms with Gasteiger partial charge in [-0.3, -0.25) is 0 Å². The second kappa shape index (κ2) is 5.13. The van der Waals surface area contributed by atoms with Crippen LogP contribution in [0.25, 0.3) is 0 Å². The maximum Gasteiger partial charge on any atom is 0.224 e. The van der Waals surface area contributed by atoms with Crippen LogP contribution in [0.15, 0.2) is 18.3 Å². The van der Waals surface area contributed by atoms with E-state index in [4.69, 9.17) is 0 Å². The molecule has 0 saturated carbocycles. The molecule has 0 spiro atoms. The lowest BCUT2D eigenvalue weighted by molar-refractivity contribution is 0.498. The molecule has 0 fully saturated rings. The van der Waals surface area contributed by atoms with Crippen LogP contribution in [-0.2, 0) is 0 Å². The van der Waals surface area contributed by atoms with E-state index in [9.17, 15) is 13.2 Å². The average molecular weight is 268 g/mol. The van der Waals surface area contributed by atoms with Gasteiger partial charge in [0.25, 0.3) is 0 Å². The number of nitrogens with zero attached hydrogens (tertiary/aromatic N) is 2. The highest BCUT2D eigenvalue weighted by molar-refractivity contribution is 5.60. The third kappa shape index (κ3) is 2.75. The summed E-state index contributed by atoms with van der Waals surface area (Å²) in [5.41, 5.74) is 0.296. The van der Waals surface area contributed by atoms with Gasteiger partial charge in [0, 0.05) is 30.9 Å². The quantitative estimate of drug-likeness (QED) is 0.840. The van der Waals surface area contributed by atoms with Crippen molar-refractivity contribution in [2.24, 2.45) is 0 Å². The minimum atomic E-state index is -1.26. The summed E-state index contributed by atoms with van der Waals surface area (Å²) in [6, 6.07) is 1.34. The molecule has 2 aromatic rings. The third-order valence-electron chi connectivity index (χ3n) is 2.44. The van der Waals surface area contributed by atoms with Gasteiger partial charge in [-0.15, -0.1) is 0 Å². The van der Waals surface area contributed by atoms with Crippen LogP contribution in [0.2, 0.25) is 0 Å². The Balaban J connectivity index is 2.41. The van der Waals surface area contributed by atoms with E-state index in [-0.39, 0.29) is 11.5 Å². The van der Waals surface area contributed by atoms with Gasteiger partial charge in [-0.25, -0.2) is 18.2 Å². The lowest BCUT2D eigenvalue weighted by Gasteiger charge is -2.10. The molecule has 2 N–H and O–H groups in total. The Morgan fingerprint density at radius 2 is 1.89 bits per heavy atom. The summed E-state index contributed by atoms with van der Waals surface area (Å²) in [6.45, 7) is 1.69. The van der Waals surface area contributed by atoms with Crippen molar-refractivity contribution >= 4 is 17.5 Å². The van der Waals surface area contributed by atoms with Crippen LogP contribution in [0, 0.1) is 24.4 Å². The van der Waals surface area contributed by atoms with E-state index < -0.39 is 17.5 Å². The molecule has 0 aliphatic carbocycles. The Morgan fingerprint density at radius 1 is 1.16 bits per heavy atom. The number of nitrogens with one attached hydrogen (secondary N) is 2. The van der Waals surface area contributed by atoms with E-state index in [2.05, 4.69) is 20.6 Å². The number of anilines is 3. The lowest BCUT2D eigenvalue weighted by atomic mass is 10.2. The van der Waals surface area contributed by atoms with E-state index in [0.29, 0.717) is 17.6 Å². The van der Waals surface area contributed by atoms with Crippen LogP contribution < -0.4 is 10.6 Å². The second-order valence-electron chi connectivity index (χ2n) is 3.85. The summed E-state index contributed by atoms with van der Waals surface area (Å²) in [5.74, 6) is -2.72. The summed E-state index contributed by atoms with van der Waals surface area (Å²) in [4.78, 5) is 7.99. The molecule has 0 amide bonds. The molecule has 19 heavy (non-hydrogen) atoms. The predicted molar refractivity (Wildman–Crippen MR) is 65.9 cm³/mol. The number of halogens is 3.